The van der Waals surface area contributed by atoms with Crippen molar-refractivity contribution in [3.05, 3.63) is 41.7 Å². The fourth-order valence-electron chi connectivity index (χ4n) is 1.74. The average molecular weight is 231 g/mol. The predicted molar refractivity (Wildman–Crippen MR) is 64.3 cm³/mol. The summed E-state index contributed by atoms with van der Waals surface area (Å²) < 4.78 is 0. The van der Waals surface area contributed by atoms with E-state index >= 15 is 0 Å². The van der Waals surface area contributed by atoms with Crippen molar-refractivity contribution >= 4 is 22.1 Å². The van der Waals surface area contributed by atoms with Crippen LogP contribution in [0.25, 0.3) is 22.1 Å². The van der Waals surface area contributed by atoms with Crippen LogP contribution in [0.1, 0.15) is 11.1 Å². The summed E-state index contributed by atoms with van der Waals surface area (Å²) in [4.78, 5) is 12.5. The molecule has 0 saturated carbocycles. The molecule has 0 aliphatic heterocycles. The number of nitrogens with zero attached hydrogens (tertiary/aromatic N) is 5. The molecule has 18 heavy (non-hydrogen) atoms. The van der Waals surface area contributed by atoms with Crippen LogP contribution in [0.4, 0.5) is 0 Å². The van der Waals surface area contributed by atoms with Gasteiger partial charge in [0.05, 0.1) is 11.1 Å². The van der Waals surface area contributed by atoms with Crippen LogP contribution in [-0.2, 0) is 0 Å². The highest BCUT2D eigenvalue weighted by Gasteiger charge is 2.07. The molecule has 82 valence electrons. The highest BCUT2D eigenvalue weighted by atomic mass is 14.9. The first-order valence-electron chi connectivity index (χ1n) is 5.17. The van der Waals surface area contributed by atoms with E-state index in [0.29, 0.717) is 27.8 Å². The van der Waals surface area contributed by atoms with E-state index in [1.165, 1.54) is 12.4 Å². The van der Waals surface area contributed by atoms with Crippen LogP contribution >= 0.6 is 0 Å². The molecule has 0 radical (unpaired) electrons. The third-order valence-electron chi connectivity index (χ3n) is 2.63. The molecule has 5 heteroatoms. The molecule has 0 bridgehead atoms. The van der Waals surface area contributed by atoms with Gasteiger partial charge in [0.15, 0.2) is 11.3 Å². The van der Waals surface area contributed by atoms with Crippen LogP contribution in [0.5, 0.6) is 0 Å². The van der Waals surface area contributed by atoms with Crippen molar-refractivity contribution in [2.45, 2.75) is 0 Å². The fourth-order valence-corrected chi connectivity index (χ4v) is 1.74. The largest absolute Gasteiger partial charge is 0.235 e. The summed E-state index contributed by atoms with van der Waals surface area (Å²) in [6, 6.07) is 9.35. The summed E-state index contributed by atoms with van der Waals surface area (Å²) in [6.07, 6.45) is 2.96. The van der Waals surface area contributed by atoms with E-state index in [9.17, 15) is 0 Å². The van der Waals surface area contributed by atoms with Gasteiger partial charge >= 0.3 is 0 Å². The van der Waals surface area contributed by atoms with Crippen molar-refractivity contribution < 1.29 is 0 Å². The molecular formula is C13H5N5. The maximum absolute atomic E-state index is 8.95. The normalized spacial score (nSPS) is 10.1. The molecule has 0 aliphatic carbocycles. The minimum absolute atomic E-state index is 0.459. The van der Waals surface area contributed by atoms with Crippen molar-refractivity contribution in [2.24, 2.45) is 0 Å². The second-order valence-electron chi connectivity index (χ2n) is 3.71. The molecule has 3 aromatic rings. The molecule has 5 nitrogen and oxygen atoms in total. The zero-order valence-corrected chi connectivity index (χ0v) is 9.12. The Morgan fingerprint density at radius 1 is 0.944 bits per heavy atom. The number of pyridine rings is 1. The van der Waals surface area contributed by atoms with Crippen molar-refractivity contribution in [1.82, 2.24) is 15.0 Å². The highest BCUT2D eigenvalue weighted by Crippen LogP contribution is 2.20. The summed E-state index contributed by atoms with van der Waals surface area (Å²) in [5.41, 5.74) is 1.95. The van der Waals surface area contributed by atoms with Gasteiger partial charge in [0.2, 0.25) is 0 Å². The third kappa shape index (κ3) is 1.43. The minimum Gasteiger partial charge on any atom is -0.235 e. The minimum atomic E-state index is 0.459. The molecule has 0 aromatic carbocycles. The quantitative estimate of drug-likeness (QED) is 0.589. The van der Waals surface area contributed by atoms with E-state index in [-0.39, 0.29) is 0 Å². The standard InChI is InChI=1S/C13H5N5/c14-4-8-1-2-9-3-11-10(5-15)7-17-13(11)18-12(9)16-6-8/h1-3,6-7H. The van der Waals surface area contributed by atoms with Gasteiger partial charge < -0.3 is 0 Å². The maximum atomic E-state index is 8.95. The van der Waals surface area contributed by atoms with Gasteiger partial charge in [-0.25, -0.2) is 15.0 Å². The molecule has 3 rings (SSSR count). The lowest BCUT2D eigenvalue weighted by Crippen LogP contribution is -1.81. The number of fused-ring (bicyclic) bond motifs is 2. The van der Waals surface area contributed by atoms with Gasteiger partial charge in [-0.05, 0) is 18.2 Å². The van der Waals surface area contributed by atoms with Crippen molar-refractivity contribution in [3.8, 4) is 12.1 Å². The third-order valence-corrected chi connectivity index (χ3v) is 2.63. The summed E-state index contributed by atoms with van der Waals surface area (Å²) in [6.45, 7) is 0. The first-order chi connectivity index (χ1) is 8.81. The Morgan fingerprint density at radius 2 is 1.78 bits per heavy atom. The zero-order chi connectivity index (χ0) is 12.5. The van der Waals surface area contributed by atoms with E-state index in [0.717, 1.165) is 5.39 Å². The topological polar surface area (TPSA) is 86.2 Å². The Labute approximate surface area is 102 Å². The van der Waals surface area contributed by atoms with Crippen molar-refractivity contribution in [3.63, 3.8) is 0 Å². The van der Waals surface area contributed by atoms with E-state index in [1.54, 1.807) is 12.1 Å². The van der Waals surface area contributed by atoms with Crippen molar-refractivity contribution in [1.29, 1.82) is 10.5 Å². The molecule has 0 amide bonds. The second kappa shape index (κ2) is 3.76. The molecule has 0 atom stereocenters. The summed E-state index contributed by atoms with van der Waals surface area (Å²) in [7, 11) is 0. The van der Waals surface area contributed by atoms with Crippen LogP contribution in [0.15, 0.2) is 30.6 Å². The summed E-state index contributed by atoms with van der Waals surface area (Å²) >= 11 is 0. The van der Waals surface area contributed by atoms with Crippen LogP contribution in [0.3, 0.4) is 0 Å². The van der Waals surface area contributed by atoms with Gasteiger partial charge in [-0.15, -0.1) is 0 Å². The predicted octanol–water partition coefficient (Wildman–Crippen LogP) is 1.92. The van der Waals surface area contributed by atoms with Gasteiger partial charge in [-0.2, -0.15) is 10.5 Å². The van der Waals surface area contributed by atoms with E-state index in [1.807, 2.05) is 12.1 Å². The van der Waals surface area contributed by atoms with Gasteiger partial charge in [0.1, 0.15) is 12.1 Å². The molecule has 3 aromatic heterocycles. The average Bonchev–Trinajstić information content (AvgIpc) is 2.68. The van der Waals surface area contributed by atoms with Crippen LogP contribution in [-0.4, -0.2) is 15.0 Å². The van der Waals surface area contributed by atoms with Crippen LogP contribution in [0, 0.1) is 22.7 Å². The number of nitriles is 2. The highest BCUT2D eigenvalue weighted by molar-refractivity contribution is 5.92. The first kappa shape index (κ1) is 10.1. The number of hydrogen-bond acceptors (Lipinski definition) is 5. The Balaban J connectivity index is 2.43. The van der Waals surface area contributed by atoms with Gasteiger partial charge in [-0.3, -0.25) is 0 Å². The molecular weight excluding hydrogens is 226 g/mol. The van der Waals surface area contributed by atoms with Crippen molar-refractivity contribution in [2.75, 3.05) is 0 Å². The van der Waals surface area contributed by atoms with Gasteiger partial charge in [-0.1, -0.05) is 0 Å². The SMILES string of the molecule is N#Cc1ccc2cc3c(C#N)cnc3nc2nc1. The van der Waals surface area contributed by atoms with E-state index in [4.69, 9.17) is 10.5 Å². The van der Waals surface area contributed by atoms with E-state index in [2.05, 4.69) is 21.0 Å². The summed E-state index contributed by atoms with van der Waals surface area (Å²) in [5.74, 6) is 0. The zero-order valence-electron chi connectivity index (χ0n) is 9.12. The molecule has 0 fully saturated rings. The van der Waals surface area contributed by atoms with Crippen LogP contribution in [0.2, 0.25) is 0 Å². The lowest BCUT2D eigenvalue weighted by atomic mass is 10.2. The Kier molecular flexibility index (Phi) is 2.11. The van der Waals surface area contributed by atoms with Crippen LogP contribution < -0.4 is 0 Å². The monoisotopic (exact) mass is 231 g/mol. The molecule has 0 unspecified atom stereocenters. The van der Waals surface area contributed by atoms with Gasteiger partial charge in [0.25, 0.3) is 0 Å². The Morgan fingerprint density at radius 3 is 2.56 bits per heavy atom. The fraction of sp³-hybridized carbons (Fsp3) is 0. The second-order valence-corrected chi connectivity index (χ2v) is 3.71. The molecule has 0 spiro atoms. The Bertz CT molecular complexity index is 855. The first-order valence-corrected chi connectivity index (χ1v) is 5.17. The lowest BCUT2D eigenvalue weighted by molar-refractivity contribution is 1.30. The number of aromatic nitrogens is 3. The molecule has 0 aliphatic rings. The maximum Gasteiger partial charge on any atom is 0.163 e. The Hall–Kier alpha value is -3.05. The lowest BCUT2D eigenvalue weighted by Gasteiger charge is -1.92. The number of hydrogen-bond donors (Lipinski definition) is 0. The molecule has 0 N–H and O–H groups in total. The van der Waals surface area contributed by atoms with Gasteiger partial charge in [0, 0.05) is 23.2 Å². The number of rotatable bonds is 0. The van der Waals surface area contributed by atoms with E-state index < -0.39 is 0 Å². The summed E-state index contributed by atoms with van der Waals surface area (Å²) in [5, 5.41) is 19.2. The molecule has 3 heterocycles. The smallest absolute Gasteiger partial charge is 0.163 e. The molecule has 0 saturated heterocycles.